The summed E-state index contributed by atoms with van der Waals surface area (Å²) in [5.74, 6) is 0. The number of anilines is 1. The minimum atomic E-state index is -0.539. The van der Waals surface area contributed by atoms with Gasteiger partial charge in [0.05, 0.1) is 5.69 Å². The van der Waals surface area contributed by atoms with Crippen molar-refractivity contribution in [1.29, 1.82) is 0 Å². The molecular weight excluding hydrogens is 130 g/mol. The Morgan fingerprint density at radius 1 is 1.10 bits per heavy atom. The molecule has 0 atom stereocenters. The van der Waals surface area contributed by atoms with Gasteiger partial charge in [0.1, 0.15) is 0 Å². The van der Waals surface area contributed by atoms with Crippen molar-refractivity contribution in [2.75, 3.05) is 5.73 Å². The van der Waals surface area contributed by atoms with E-state index in [1.54, 1.807) is 6.92 Å². The SMILES string of the molecule is CC.Cc1c(N)c(=O)c1=O. The topological polar surface area (TPSA) is 60.2 Å². The summed E-state index contributed by atoms with van der Waals surface area (Å²) in [7, 11) is 0. The number of rotatable bonds is 0. The Labute approximate surface area is 59.2 Å². The van der Waals surface area contributed by atoms with E-state index >= 15 is 0 Å². The molecule has 3 heteroatoms. The van der Waals surface area contributed by atoms with Crippen LogP contribution in [-0.2, 0) is 0 Å². The fourth-order valence-corrected chi connectivity index (χ4v) is 0.523. The number of nitrogen functional groups attached to an aromatic ring is 1. The predicted molar refractivity (Wildman–Crippen MR) is 41.9 cm³/mol. The third kappa shape index (κ3) is 1.07. The highest BCUT2D eigenvalue weighted by Gasteiger charge is 2.11. The molecular formula is C7H11NO2. The molecule has 2 N–H and O–H groups in total. The van der Waals surface area contributed by atoms with Crippen LogP contribution in [0.15, 0.2) is 9.59 Å². The molecule has 0 radical (unpaired) electrons. The standard InChI is InChI=1S/C5H5NO2.C2H6/c1-2-3(6)5(8)4(2)7;1-2/h6H2,1H3;1-2H3. The summed E-state index contributed by atoms with van der Waals surface area (Å²) in [4.78, 5) is 20.5. The van der Waals surface area contributed by atoms with Crippen molar-refractivity contribution in [1.82, 2.24) is 0 Å². The highest BCUT2D eigenvalue weighted by molar-refractivity contribution is 5.50. The molecule has 0 fully saturated rings. The Balaban J connectivity index is 0.000000371. The average molecular weight is 141 g/mol. The summed E-state index contributed by atoms with van der Waals surface area (Å²) >= 11 is 0. The number of nitrogens with two attached hydrogens (primary N) is 1. The maximum Gasteiger partial charge on any atom is 0.249 e. The van der Waals surface area contributed by atoms with E-state index in [1.807, 2.05) is 13.8 Å². The van der Waals surface area contributed by atoms with Gasteiger partial charge in [-0.1, -0.05) is 13.8 Å². The summed E-state index contributed by atoms with van der Waals surface area (Å²) in [6.45, 7) is 5.54. The Bertz CT molecular complexity index is 252. The van der Waals surface area contributed by atoms with E-state index in [-0.39, 0.29) is 5.69 Å². The van der Waals surface area contributed by atoms with Crippen molar-refractivity contribution in [2.24, 2.45) is 0 Å². The highest BCUT2D eigenvalue weighted by Crippen LogP contribution is 1.95. The summed E-state index contributed by atoms with van der Waals surface area (Å²) < 4.78 is 0. The lowest BCUT2D eigenvalue weighted by atomic mass is 10.1. The molecule has 0 unspecified atom stereocenters. The maximum absolute atomic E-state index is 10.3. The fourth-order valence-electron chi connectivity index (χ4n) is 0.523. The Hall–Kier alpha value is -1.12. The predicted octanol–water partition coefficient (Wildman–Crippen LogP) is 0.199. The molecule has 1 aromatic rings. The number of hydrogen-bond donors (Lipinski definition) is 1. The molecule has 0 aliphatic heterocycles. The van der Waals surface area contributed by atoms with Gasteiger partial charge in [-0.2, -0.15) is 0 Å². The van der Waals surface area contributed by atoms with Gasteiger partial charge in [-0.15, -0.1) is 0 Å². The van der Waals surface area contributed by atoms with Gasteiger partial charge in [0, 0.05) is 5.56 Å². The van der Waals surface area contributed by atoms with Crippen molar-refractivity contribution in [3.8, 4) is 0 Å². The third-order valence-electron chi connectivity index (χ3n) is 1.20. The quantitative estimate of drug-likeness (QED) is 0.525. The van der Waals surface area contributed by atoms with Crippen LogP contribution >= 0.6 is 0 Å². The largest absolute Gasteiger partial charge is 0.395 e. The smallest absolute Gasteiger partial charge is 0.249 e. The van der Waals surface area contributed by atoms with E-state index in [0.29, 0.717) is 5.56 Å². The maximum atomic E-state index is 10.3. The zero-order chi connectivity index (χ0) is 8.31. The molecule has 0 heterocycles. The van der Waals surface area contributed by atoms with E-state index in [9.17, 15) is 9.59 Å². The van der Waals surface area contributed by atoms with Crippen LogP contribution in [0, 0.1) is 6.92 Å². The van der Waals surface area contributed by atoms with E-state index < -0.39 is 10.9 Å². The second kappa shape index (κ2) is 3.15. The molecule has 1 rings (SSSR count). The second-order valence-corrected chi connectivity index (χ2v) is 1.70. The lowest BCUT2D eigenvalue weighted by Crippen LogP contribution is -2.36. The lowest BCUT2D eigenvalue weighted by molar-refractivity contribution is 1.29. The monoisotopic (exact) mass is 141 g/mol. The summed E-state index contributed by atoms with van der Waals surface area (Å²) in [5.41, 5.74) is 4.60. The molecule has 0 amide bonds. The zero-order valence-electron chi connectivity index (χ0n) is 6.39. The molecule has 1 aromatic carbocycles. The first kappa shape index (κ1) is 8.88. The normalized spacial score (nSPS) is 8.70. The molecule has 0 aromatic heterocycles. The van der Waals surface area contributed by atoms with Gasteiger partial charge in [-0.3, -0.25) is 9.59 Å². The van der Waals surface area contributed by atoms with Crippen LogP contribution in [0.3, 0.4) is 0 Å². The van der Waals surface area contributed by atoms with Crippen LogP contribution in [0.4, 0.5) is 5.69 Å². The van der Waals surface area contributed by atoms with Crippen LogP contribution in [0.25, 0.3) is 0 Å². The van der Waals surface area contributed by atoms with Crippen LogP contribution < -0.4 is 16.6 Å². The van der Waals surface area contributed by atoms with Crippen molar-refractivity contribution in [3.63, 3.8) is 0 Å². The van der Waals surface area contributed by atoms with Crippen molar-refractivity contribution < 1.29 is 0 Å². The molecule has 10 heavy (non-hydrogen) atoms. The molecule has 0 saturated heterocycles. The van der Waals surface area contributed by atoms with Gasteiger partial charge in [0.2, 0.25) is 10.9 Å². The van der Waals surface area contributed by atoms with Gasteiger partial charge >= 0.3 is 0 Å². The van der Waals surface area contributed by atoms with E-state index in [4.69, 9.17) is 5.73 Å². The minimum Gasteiger partial charge on any atom is -0.395 e. The summed E-state index contributed by atoms with van der Waals surface area (Å²) in [5, 5.41) is 0. The Morgan fingerprint density at radius 3 is 1.60 bits per heavy atom. The second-order valence-electron chi connectivity index (χ2n) is 1.70. The van der Waals surface area contributed by atoms with E-state index in [1.165, 1.54) is 0 Å². The van der Waals surface area contributed by atoms with Crippen LogP contribution in [0.1, 0.15) is 19.4 Å². The van der Waals surface area contributed by atoms with Crippen molar-refractivity contribution >= 4 is 5.69 Å². The molecule has 0 saturated carbocycles. The zero-order valence-corrected chi connectivity index (χ0v) is 6.39. The van der Waals surface area contributed by atoms with Gasteiger partial charge < -0.3 is 5.73 Å². The van der Waals surface area contributed by atoms with Gasteiger partial charge in [-0.05, 0) is 6.92 Å². The fraction of sp³-hybridized carbons (Fsp3) is 0.429. The molecule has 0 aliphatic carbocycles. The lowest BCUT2D eigenvalue weighted by Gasteiger charge is -1.95. The van der Waals surface area contributed by atoms with Gasteiger partial charge in [0.25, 0.3) is 0 Å². The first-order valence-electron chi connectivity index (χ1n) is 3.20. The van der Waals surface area contributed by atoms with E-state index in [2.05, 4.69) is 0 Å². The first-order valence-corrected chi connectivity index (χ1v) is 3.20. The Morgan fingerprint density at radius 2 is 1.50 bits per heavy atom. The average Bonchev–Trinajstić information content (AvgIpc) is 2.04. The molecule has 0 bridgehead atoms. The Kier molecular flexibility index (Phi) is 2.80. The molecule has 56 valence electrons. The van der Waals surface area contributed by atoms with Gasteiger partial charge in [-0.25, -0.2) is 0 Å². The minimum absolute atomic E-state index is 0.120. The first-order chi connectivity index (χ1) is 4.64. The van der Waals surface area contributed by atoms with Crippen LogP contribution in [0.5, 0.6) is 0 Å². The van der Waals surface area contributed by atoms with Crippen LogP contribution in [0.2, 0.25) is 0 Å². The van der Waals surface area contributed by atoms with Crippen molar-refractivity contribution in [3.05, 3.63) is 26.0 Å². The molecule has 3 nitrogen and oxygen atoms in total. The van der Waals surface area contributed by atoms with Crippen LogP contribution in [-0.4, -0.2) is 0 Å². The van der Waals surface area contributed by atoms with E-state index in [0.717, 1.165) is 0 Å². The molecule has 0 aliphatic rings. The van der Waals surface area contributed by atoms with Crippen molar-refractivity contribution in [2.45, 2.75) is 20.8 Å². The van der Waals surface area contributed by atoms with Gasteiger partial charge in [0.15, 0.2) is 0 Å². The summed E-state index contributed by atoms with van der Waals surface area (Å²) in [6, 6.07) is 0. The number of hydrogen-bond acceptors (Lipinski definition) is 3. The molecule has 0 spiro atoms. The highest BCUT2D eigenvalue weighted by atomic mass is 16.2. The third-order valence-corrected chi connectivity index (χ3v) is 1.20. The summed E-state index contributed by atoms with van der Waals surface area (Å²) in [6.07, 6.45) is 0.